The Balaban J connectivity index is 2.03. The first-order valence-electron chi connectivity index (χ1n) is 7.93. The number of piperidine rings is 1. The second-order valence-corrected chi connectivity index (χ2v) is 6.98. The molecule has 0 saturated carbocycles. The van der Waals surface area contributed by atoms with Crippen LogP contribution in [0.4, 0.5) is 0 Å². The lowest BCUT2D eigenvalue weighted by molar-refractivity contribution is 0.0777. The highest BCUT2D eigenvalue weighted by Crippen LogP contribution is 2.31. The van der Waals surface area contributed by atoms with E-state index in [2.05, 4.69) is 25.8 Å². The first kappa shape index (κ1) is 16.3. The number of rotatable bonds is 4. The van der Waals surface area contributed by atoms with E-state index in [0.717, 1.165) is 29.0 Å². The minimum Gasteiger partial charge on any atom is -0.493 e. The quantitative estimate of drug-likeness (QED) is 0.924. The first-order chi connectivity index (χ1) is 9.79. The molecule has 0 radical (unpaired) electrons. The molecule has 2 rings (SSSR count). The fraction of sp³-hybridized carbons (Fsp3) is 0.667. The molecule has 0 aromatic heterocycles. The third kappa shape index (κ3) is 3.98. The van der Waals surface area contributed by atoms with Crippen molar-refractivity contribution in [3.63, 3.8) is 0 Å². The van der Waals surface area contributed by atoms with Crippen molar-refractivity contribution in [3.05, 3.63) is 28.8 Å². The Hall–Kier alpha value is -1.06. The molecule has 0 aliphatic carbocycles. The Morgan fingerprint density at radius 2 is 1.81 bits per heavy atom. The zero-order chi connectivity index (χ0) is 15.6. The number of hydrogen-bond donors (Lipinski definition) is 1. The molecule has 1 aromatic carbocycles. The molecule has 1 aromatic rings. The van der Waals surface area contributed by atoms with Crippen LogP contribution in [-0.4, -0.2) is 36.8 Å². The van der Waals surface area contributed by atoms with Crippen molar-refractivity contribution in [2.24, 2.45) is 5.92 Å². The Morgan fingerprint density at radius 3 is 2.38 bits per heavy atom. The summed E-state index contributed by atoms with van der Waals surface area (Å²) in [6.07, 6.45) is 2.44. The van der Waals surface area contributed by atoms with Gasteiger partial charge in [-0.25, -0.2) is 0 Å². The molecular formula is C18H29NO2. The van der Waals surface area contributed by atoms with Crippen LogP contribution in [0.3, 0.4) is 0 Å². The predicted molar refractivity (Wildman–Crippen MR) is 86.9 cm³/mol. The summed E-state index contributed by atoms with van der Waals surface area (Å²) in [6, 6.07) is 4.00. The molecule has 1 aliphatic heterocycles. The lowest BCUT2D eigenvalue weighted by Gasteiger charge is -2.29. The Kier molecular flexibility index (Phi) is 4.95. The van der Waals surface area contributed by atoms with E-state index >= 15 is 0 Å². The lowest BCUT2D eigenvalue weighted by Crippen LogP contribution is -2.32. The van der Waals surface area contributed by atoms with Gasteiger partial charge in [0, 0.05) is 0 Å². The van der Waals surface area contributed by atoms with E-state index in [-0.39, 0.29) is 0 Å². The summed E-state index contributed by atoms with van der Waals surface area (Å²) in [6.45, 7) is 10.9. The van der Waals surface area contributed by atoms with E-state index in [1.807, 2.05) is 26.0 Å². The molecule has 0 unspecified atom stereocenters. The number of hydrogen-bond acceptors (Lipinski definition) is 3. The van der Waals surface area contributed by atoms with Crippen molar-refractivity contribution < 1.29 is 9.84 Å². The molecule has 1 aliphatic rings. The molecule has 3 nitrogen and oxygen atoms in total. The standard InChI is InChI=1S/C18H29NO2/c1-13-14(2)17(7-6-16(13)18(3,4)20)21-12-15-8-10-19(5)11-9-15/h6-7,15,20H,8-12H2,1-5H3. The number of aliphatic hydroxyl groups is 1. The average molecular weight is 291 g/mol. The van der Waals surface area contributed by atoms with Gasteiger partial charge in [0.25, 0.3) is 0 Å². The second kappa shape index (κ2) is 6.37. The normalized spacial score (nSPS) is 18.0. The molecule has 1 saturated heterocycles. The van der Waals surface area contributed by atoms with Crippen molar-refractivity contribution in [1.29, 1.82) is 0 Å². The van der Waals surface area contributed by atoms with Gasteiger partial charge in [-0.1, -0.05) is 6.07 Å². The maximum Gasteiger partial charge on any atom is 0.122 e. The van der Waals surface area contributed by atoms with Gasteiger partial charge in [0.15, 0.2) is 0 Å². The minimum atomic E-state index is -0.804. The van der Waals surface area contributed by atoms with Gasteiger partial charge in [0.05, 0.1) is 12.2 Å². The maximum atomic E-state index is 10.2. The van der Waals surface area contributed by atoms with Crippen LogP contribution < -0.4 is 4.74 Å². The van der Waals surface area contributed by atoms with E-state index in [1.165, 1.54) is 25.9 Å². The third-order valence-electron chi connectivity index (χ3n) is 4.71. The summed E-state index contributed by atoms with van der Waals surface area (Å²) in [7, 11) is 2.18. The zero-order valence-corrected chi connectivity index (χ0v) is 14.1. The van der Waals surface area contributed by atoms with Crippen LogP contribution in [0.15, 0.2) is 12.1 Å². The van der Waals surface area contributed by atoms with Crippen molar-refractivity contribution >= 4 is 0 Å². The van der Waals surface area contributed by atoms with E-state index in [4.69, 9.17) is 4.74 Å². The van der Waals surface area contributed by atoms with Crippen molar-refractivity contribution in [2.45, 2.75) is 46.1 Å². The van der Waals surface area contributed by atoms with Crippen LogP contribution in [0, 0.1) is 19.8 Å². The van der Waals surface area contributed by atoms with Crippen LogP contribution in [0.25, 0.3) is 0 Å². The minimum absolute atomic E-state index is 0.662. The van der Waals surface area contributed by atoms with E-state index in [9.17, 15) is 5.11 Å². The highest BCUT2D eigenvalue weighted by molar-refractivity contribution is 5.45. The SMILES string of the molecule is Cc1c(OCC2CCN(C)CC2)ccc(C(C)(C)O)c1C. The smallest absolute Gasteiger partial charge is 0.122 e. The van der Waals surface area contributed by atoms with Crippen LogP contribution in [0.5, 0.6) is 5.75 Å². The fourth-order valence-electron chi connectivity index (χ4n) is 3.05. The summed E-state index contributed by atoms with van der Waals surface area (Å²) in [5.41, 5.74) is 2.44. The molecule has 0 atom stereocenters. The summed E-state index contributed by atoms with van der Waals surface area (Å²) in [5.74, 6) is 1.62. The number of benzene rings is 1. The Labute approximate surface area is 128 Å². The number of likely N-dealkylation sites (tertiary alicyclic amines) is 1. The molecule has 0 amide bonds. The highest BCUT2D eigenvalue weighted by Gasteiger charge is 2.21. The van der Waals surface area contributed by atoms with Gasteiger partial charge in [-0.2, -0.15) is 0 Å². The van der Waals surface area contributed by atoms with E-state index < -0.39 is 5.60 Å². The zero-order valence-electron chi connectivity index (χ0n) is 14.1. The largest absolute Gasteiger partial charge is 0.493 e. The topological polar surface area (TPSA) is 32.7 Å². The maximum absolute atomic E-state index is 10.2. The van der Waals surface area contributed by atoms with Gasteiger partial charge >= 0.3 is 0 Å². The summed E-state index contributed by atoms with van der Waals surface area (Å²) >= 11 is 0. The van der Waals surface area contributed by atoms with Crippen molar-refractivity contribution in [3.8, 4) is 5.75 Å². The molecule has 118 valence electrons. The van der Waals surface area contributed by atoms with Crippen LogP contribution in [-0.2, 0) is 5.60 Å². The van der Waals surface area contributed by atoms with Gasteiger partial charge in [0.1, 0.15) is 5.75 Å². The van der Waals surface area contributed by atoms with E-state index in [1.54, 1.807) is 0 Å². The molecule has 21 heavy (non-hydrogen) atoms. The molecule has 1 N–H and O–H groups in total. The van der Waals surface area contributed by atoms with Crippen LogP contribution in [0.1, 0.15) is 43.4 Å². The number of nitrogens with zero attached hydrogens (tertiary/aromatic N) is 1. The van der Waals surface area contributed by atoms with Gasteiger partial charge in [-0.15, -0.1) is 0 Å². The second-order valence-electron chi connectivity index (χ2n) is 6.98. The summed E-state index contributed by atoms with van der Waals surface area (Å²) < 4.78 is 6.06. The fourth-order valence-corrected chi connectivity index (χ4v) is 3.05. The third-order valence-corrected chi connectivity index (χ3v) is 4.71. The van der Waals surface area contributed by atoms with Gasteiger partial charge in [-0.05, 0) is 89.3 Å². The van der Waals surface area contributed by atoms with Crippen molar-refractivity contribution in [1.82, 2.24) is 4.90 Å². The predicted octanol–water partition coefficient (Wildman–Crippen LogP) is 3.25. The summed E-state index contributed by atoms with van der Waals surface area (Å²) in [5, 5.41) is 10.2. The van der Waals surface area contributed by atoms with Gasteiger partial charge in [-0.3, -0.25) is 0 Å². The number of ether oxygens (including phenoxy) is 1. The molecule has 1 heterocycles. The molecule has 0 spiro atoms. The van der Waals surface area contributed by atoms with Crippen LogP contribution >= 0.6 is 0 Å². The monoisotopic (exact) mass is 291 g/mol. The molecule has 0 bridgehead atoms. The van der Waals surface area contributed by atoms with Gasteiger partial charge in [0.2, 0.25) is 0 Å². The van der Waals surface area contributed by atoms with Crippen LogP contribution in [0.2, 0.25) is 0 Å². The molecular weight excluding hydrogens is 262 g/mol. The first-order valence-corrected chi connectivity index (χ1v) is 7.93. The Bertz CT molecular complexity index is 483. The Morgan fingerprint density at radius 1 is 1.19 bits per heavy atom. The molecule has 3 heteroatoms. The lowest BCUT2D eigenvalue weighted by atomic mass is 9.91. The van der Waals surface area contributed by atoms with E-state index in [0.29, 0.717) is 5.92 Å². The highest BCUT2D eigenvalue weighted by atomic mass is 16.5. The van der Waals surface area contributed by atoms with Gasteiger partial charge < -0.3 is 14.7 Å². The summed E-state index contributed by atoms with van der Waals surface area (Å²) in [4.78, 5) is 2.38. The molecule has 1 fully saturated rings. The van der Waals surface area contributed by atoms with Crippen molar-refractivity contribution in [2.75, 3.05) is 26.7 Å². The average Bonchev–Trinajstić information content (AvgIpc) is 2.41.